The van der Waals surface area contributed by atoms with Crippen molar-refractivity contribution in [3.63, 3.8) is 0 Å². The van der Waals surface area contributed by atoms with E-state index in [4.69, 9.17) is 28.4 Å². The minimum absolute atomic E-state index is 0.0372. The molecule has 336 valence electrons. The minimum atomic E-state index is -0.221. The number of fused-ring (bicyclic) bond motifs is 2. The lowest BCUT2D eigenvalue weighted by molar-refractivity contribution is -0.123. The molecule has 0 heterocycles. The second-order valence-corrected chi connectivity index (χ2v) is 15.4. The molecule has 2 N–H and O–H groups in total. The Kier molecular flexibility index (Phi) is 27.5. The molecule has 10 nitrogen and oxygen atoms in total. The molecule has 2 aromatic rings. The van der Waals surface area contributed by atoms with E-state index in [9.17, 15) is 9.59 Å². The number of carbonyl (C=O) groups is 2. The van der Waals surface area contributed by atoms with Crippen molar-refractivity contribution in [2.75, 3.05) is 54.1 Å². The molecule has 0 atom stereocenters. The van der Waals surface area contributed by atoms with Gasteiger partial charge in [0.2, 0.25) is 0 Å². The van der Waals surface area contributed by atoms with Gasteiger partial charge in [0.05, 0.1) is 0 Å². The largest absolute Gasteiger partial charge is 0.480 e. The molecular formula is C52H70N2O8. The van der Waals surface area contributed by atoms with Gasteiger partial charge in [-0.15, -0.1) is 0 Å². The SMILES string of the molecule is CCCCCCCCCCCCNC(=O)COc1cc2c(cc1OCOC)=C=C=C=C=c1cc(OCOC)c(OCC(=O)NCCCCCCCCCCCC)cc1=C=C=C=C=2. The van der Waals surface area contributed by atoms with Gasteiger partial charge in [-0.25, -0.2) is 0 Å². The number of benzene rings is 2. The van der Waals surface area contributed by atoms with Gasteiger partial charge in [-0.1, -0.05) is 152 Å². The van der Waals surface area contributed by atoms with Crippen molar-refractivity contribution in [2.24, 2.45) is 0 Å². The van der Waals surface area contributed by atoms with Crippen molar-refractivity contribution in [3.8, 4) is 23.0 Å². The van der Waals surface area contributed by atoms with Crippen molar-refractivity contribution < 1.29 is 38.0 Å². The van der Waals surface area contributed by atoms with Crippen LogP contribution in [0.4, 0.5) is 0 Å². The number of nitrogens with one attached hydrogen (secondary N) is 2. The van der Waals surface area contributed by atoms with Gasteiger partial charge in [-0.2, -0.15) is 0 Å². The highest BCUT2D eigenvalue weighted by Gasteiger charge is 2.11. The molecule has 62 heavy (non-hydrogen) atoms. The standard InChI is InChI=1S/C52H70N2O8/c1-5-7-9-11-13-15-17-19-21-27-33-53-51(55)39-59-47-35-43-29-23-24-30-44-36-48(60-40-52(56)54-34-28-22-20-18-16-14-12-10-8-6-2)50(62-42-58-4)38-46(44)32-26-25-31-45(43)37-49(47)61-41-57-3/h35-38H,5-22,27-28,33-34,39-42H2,1-4H3,(H,53,55)(H,54,56). The number of methoxy groups -OCH3 is 2. The van der Waals surface area contributed by atoms with Crippen molar-refractivity contribution in [3.05, 3.63) is 68.1 Å². The van der Waals surface area contributed by atoms with E-state index >= 15 is 0 Å². The number of amides is 2. The van der Waals surface area contributed by atoms with Gasteiger partial charge in [0.15, 0.2) is 49.8 Å². The molecule has 0 radical (unpaired) electrons. The zero-order chi connectivity index (χ0) is 44.3. The maximum atomic E-state index is 12.7. The van der Waals surface area contributed by atoms with Crippen LogP contribution in [0.15, 0.2) is 47.2 Å². The Morgan fingerprint density at radius 2 is 0.694 bits per heavy atom. The summed E-state index contributed by atoms with van der Waals surface area (Å²) < 4.78 is 33.8. The van der Waals surface area contributed by atoms with Gasteiger partial charge in [0.1, 0.15) is 0 Å². The zero-order valence-electron chi connectivity index (χ0n) is 38.0. The summed E-state index contributed by atoms with van der Waals surface area (Å²) in [5, 5.41) is 8.04. The predicted molar refractivity (Wildman–Crippen MR) is 245 cm³/mol. The lowest BCUT2D eigenvalue weighted by atomic mass is 10.1. The van der Waals surface area contributed by atoms with Crippen LogP contribution < -0.4 is 50.5 Å². The van der Waals surface area contributed by atoms with Crippen LogP contribution in [-0.2, 0) is 19.1 Å². The highest BCUT2D eigenvalue weighted by molar-refractivity contribution is 5.78. The Hall–Kier alpha value is -5.26. The van der Waals surface area contributed by atoms with Crippen LogP contribution in [0.1, 0.15) is 142 Å². The van der Waals surface area contributed by atoms with Crippen LogP contribution in [0.25, 0.3) is 22.9 Å². The van der Waals surface area contributed by atoms with Crippen molar-refractivity contribution in [1.29, 1.82) is 0 Å². The molecule has 0 saturated carbocycles. The van der Waals surface area contributed by atoms with E-state index in [1.54, 1.807) is 24.3 Å². The van der Waals surface area contributed by atoms with E-state index in [2.05, 4.69) is 70.3 Å². The highest BCUT2D eigenvalue weighted by atomic mass is 16.7. The summed E-state index contributed by atoms with van der Waals surface area (Å²) in [5.74, 6) is 0.893. The van der Waals surface area contributed by atoms with Gasteiger partial charge >= 0.3 is 0 Å². The van der Waals surface area contributed by atoms with Crippen LogP contribution in [0.3, 0.4) is 0 Å². The first-order valence-corrected chi connectivity index (χ1v) is 22.9. The number of ether oxygens (including phenoxy) is 6. The van der Waals surface area contributed by atoms with E-state index < -0.39 is 0 Å². The Labute approximate surface area is 369 Å². The summed E-state index contributed by atoms with van der Waals surface area (Å²) in [4.78, 5) is 25.4. The Bertz CT molecular complexity index is 2020. The van der Waals surface area contributed by atoms with Crippen LogP contribution in [0.5, 0.6) is 23.0 Å². The molecule has 0 saturated heterocycles. The van der Waals surface area contributed by atoms with Crippen molar-refractivity contribution in [1.82, 2.24) is 10.6 Å². The number of unbranched alkanes of at least 4 members (excludes halogenated alkanes) is 18. The van der Waals surface area contributed by atoms with Crippen LogP contribution in [-0.4, -0.2) is 65.9 Å². The highest BCUT2D eigenvalue weighted by Crippen LogP contribution is 2.24. The van der Waals surface area contributed by atoms with E-state index in [0.29, 0.717) is 57.0 Å². The number of rotatable bonds is 34. The van der Waals surface area contributed by atoms with Gasteiger partial charge in [0, 0.05) is 72.4 Å². The number of hydrogen-bond acceptors (Lipinski definition) is 8. The first kappa shape index (κ1) is 51.1. The summed E-state index contributed by atoms with van der Waals surface area (Å²) in [6, 6.07) is 6.74. The Balaban J connectivity index is 1.73. The monoisotopic (exact) mass is 851 g/mol. The molecule has 0 spiro atoms. The molecule has 1 aliphatic rings. The summed E-state index contributed by atoms with van der Waals surface area (Å²) in [5.41, 5.74) is 23.9. The Morgan fingerprint density at radius 3 is 0.984 bits per heavy atom. The molecule has 2 amide bonds. The van der Waals surface area contributed by atoms with Crippen molar-refractivity contribution in [2.45, 2.75) is 142 Å². The fourth-order valence-corrected chi connectivity index (χ4v) is 6.69. The van der Waals surface area contributed by atoms with Gasteiger partial charge in [0.25, 0.3) is 11.8 Å². The minimum Gasteiger partial charge on any atom is -0.480 e. The summed E-state index contributed by atoms with van der Waals surface area (Å²) >= 11 is 0. The first-order chi connectivity index (χ1) is 30.5. The van der Waals surface area contributed by atoms with E-state index in [0.717, 1.165) is 25.7 Å². The number of carbonyl (C=O) groups excluding carboxylic acids is 2. The summed E-state index contributed by atoms with van der Waals surface area (Å²) in [6.07, 6.45) is 24.6. The second-order valence-electron chi connectivity index (χ2n) is 15.4. The molecule has 0 fully saturated rings. The topological polar surface area (TPSA) is 114 Å². The lowest BCUT2D eigenvalue weighted by Crippen LogP contribution is -2.30. The average molecular weight is 851 g/mol. The van der Waals surface area contributed by atoms with Crippen molar-refractivity contribution >= 4 is 34.7 Å². The third kappa shape index (κ3) is 22.0. The predicted octanol–water partition coefficient (Wildman–Crippen LogP) is 7.45. The smallest absolute Gasteiger partial charge is 0.257 e. The van der Waals surface area contributed by atoms with Crippen LogP contribution in [0, 0.1) is 0 Å². The molecule has 10 heteroatoms. The molecular weight excluding hydrogens is 781 g/mol. The van der Waals surface area contributed by atoms with Gasteiger partial charge in [-0.05, 0) is 35.8 Å². The second kappa shape index (κ2) is 33.4. The fourth-order valence-electron chi connectivity index (χ4n) is 6.69. The molecule has 3 rings (SSSR count). The summed E-state index contributed by atoms with van der Waals surface area (Å²) in [6.45, 7) is 5.23. The van der Waals surface area contributed by atoms with E-state index in [1.165, 1.54) is 117 Å². The molecule has 0 aromatic heterocycles. The molecule has 1 aliphatic carbocycles. The molecule has 0 bridgehead atoms. The zero-order valence-corrected chi connectivity index (χ0v) is 38.0. The quantitative estimate of drug-likeness (QED) is 0.0362. The van der Waals surface area contributed by atoms with E-state index in [-0.39, 0.29) is 38.6 Å². The maximum absolute atomic E-state index is 12.7. The fraction of sp³-hybridized carbons (Fsp3) is 0.577. The van der Waals surface area contributed by atoms with Crippen LogP contribution >= 0.6 is 0 Å². The van der Waals surface area contributed by atoms with Crippen LogP contribution in [0.2, 0.25) is 0 Å². The molecule has 0 aliphatic heterocycles. The lowest BCUT2D eigenvalue weighted by Gasteiger charge is -2.12. The number of hydrogen-bond donors (Lipinski definition) is 2. The van der Waals surface area contributed by atoms with Gasteiger partial charge < -0.3 is 39.1 Å². The van der Waals surface area contributed by atoms with Gasteiger partial charge in [-0.3, -0.25) is 9.59 Å². The third-order valence-corrected chi connectivity index (χ3v) is 10.2. The average Bonchev–Trinajstić information content (AvgIpc) is 3.27. The molecule has 2 aromatic carbocycles. The normalized spacial score (nSPS) is 10.9. The first-order valence-electron chi connectivity index (χ1n) is 22.9. The molecule has 0 unspecified atom stereocenters. The summed E-state index contributed by atoms with van der Waals surface area (Å²) in [7, 11) is 3.04. The Morgan fingerprint density at radius 1 is 0.419 bits per heavy atom. The third-order valence-electron chi connectivity index (χ3n) is 10.2. The maximum Gasteiger partial charge on any atom is 0.257 e. The van der Waals surface area contributed by atoms with E-state index in [1.807, 2.05) is 0 Å².